The number of thioether (sulfide) groups is 1. The molecule has 23 heavy (non-hydrogen) atoms. The summed E-state index contributed by atoms with van der Waals surface area (Å²) >= 11 is 1.13. The number of hydrogen-bond donors (Lipinski definition) is 1. The standard InChI is InChI=1S/C16H26N2O4S/c19-14(10-13-4-1-2-5-13)17-6-3-7-18(9-8-17)15(20)11-23-12-16(21)22/h13H,1-12H2,(H,21,22). The maximum atomic E-state index is 12.4. The van der Waals surface area contributed by atoms with Gasteiger partial charge in [0.05, 0.1) is 11.5 Å². The zero-order valence-electron chi connectivity index (χ0n) is 13.5. The maximum Gasteiger partial charge on any atom is 0.313 e. The third-order valence-corrected chi connectivity index (χ3v) is 5.49. The summed E-state index contributed by atoms with van der Waals surface area (Å²) in [4.78, 5) is 38.6. The number of amides is 2. The van der Waals surface area contributed by atoms with Crippen LogP contribution in [-0.2, 0) is 14.4 Å². The molecule has 1 N–H and O–H groups in total. The van der Waals surface area contributed by atoms with Crippen LogP contribution in [0.4, 0.5) is 0 Å². The minimum atomic E-state index is -0.901. The van der Waals surface area contributed by atoms with Crippen LogP contribution in [0.1, 0.15) is 38.5 Å². The molecule has 1 heterocycles. The van der Waals surface area contributed by atoms with Crippen LogP contribution in [0.25, 0.3) is 0 Å². The molecule has 1 aliphatic carbocycles. The van der Waals surface area contributed by atoms with Crippen LogP contribution in [0.2, 0.25) is 0 Å². The number of aliphatic carboxylic acids is 1. The van der Waals surface area contributed by atoms with Crippen molar-refractivity contribution in [1.82, 2.24) is 9.80 Å². The van der Waals surface area contributed by atoms with Crippen LogP contribution in [0.5, 0.6) is 0 Å². The summed E-state index contributed by atoms with van der Waals surface area (Å²) in [6.45, 7) is 2.53. The summed E-state index contributed by atoms with van der Waals surface area (Å²) < 4.78 is 0. The zero-order valence-corrected chi connectivity index (χ0v) is 14.4. The van der Waals surface area contributed by atoms with Gasteiger partial charge in [0.2, 0.25) is 11.8 Å². The van der Waals surface area contributed by atoms with Crippen LogP contribution >= 0.6 is 11.8 Å². The van der Waals surface area contributed by atoms with Gasteiger partial charge in [0, 0.05) is 32.6 Å². The van der Waals surface area contributed by atoms with E-state index < -0.39 is 5.97 Å². The monoisotopic (exact) mass is 342 g/mol. The van der Waals surface area contributed by atoms with Gasteiger partial charge in [0.1, 0.15) is 0 Å². The third kappa shape index (κ3) is 6.05. The third-order valence-electron chi connectivity index (χ3n) is 4.59. The summed E-state index contributed by atoms with van der Waals surface area (Å²) in [5, 5.41) is 8.60. The number of nitrogens with zero attached hydrogens (tertiary/aromatic N) is 2. The van der Waals surface area contributed by atoms with E-state index in [2.05, 4.69) is 0 Å². The molecule has 130 valence electrons. The molecule has 0 atom stereocenters. The quantitative estimate of drug-likeness (QED) is 0.790. The van der Waals surface area contributed by atoms with Gasteiger partial charge in [0.25, 0.3) is 0 Å². The van der Waals surface area contributed by atoms with Crippen LogP contribution in [0.15, 0.2) is 0 Å². The Balaban J connectivity index is 1.73. The van der Waals surface area contributed by atoms with Gasteiger partial charge in [-0.05, 0) is 25.2 Å². The van der Waals surface area contributed by atoms with Crippen molar-refractivity contribution in [2.45, 2.75) is 38.5 Å². The average molecular weight is 342 g/mol. The van der Waals surface area contributed by atoms with Crippen molar-refractivity contribution in [3.8, 4) is 0 Å². The Kier molecular flexibility index (Phi) is 7.20. The van der Waals surface area contributed by atoms with Crippen molar-refractivity contribution in [1.29, 1.82) is 0 Å². The fourth-order valence-electron chi connectivity index (χ4n) is 3.32. The van der Waals surface area contributed by atoms with E-state index in [4.69, 9.17) is 5.11 Å². The predicted octanol–water partition coefficient (Wildman–Crippen LogP) is 1.45. The molecule has 0 radical (unpaired) electrons. The van der Waals surface area contributed by atoms with Crippen LogP contribution in [0, 0.1) is 5.92 Å². The first-order valence-corrected chi connectivity index (χ1v) is 9.57. The van der Waals surface area contributed by atoms with Gasteiger partial charge in [-0.2, -0.15) is 0 Å². The van der Waals surface area contributed by atoms with Gasteiger partial charge in [-0.1, -0.05) is 12.8 Å². The van der Waals surface area contributed by atoms with Crippen molar-refractivity contribution >= 4 is 29.5 Å². The van der Waals surface area contributed by atoms with Gasteiger partial charge >= 0.3 is 5.97 Å². The molecule has 2 fully saturated rings. The number of carboxylic acid groups (broad SMARTS) is 1. The maximum absolute atomic E-state index is 12.4. The molecule has 2 amide bonds. The summed E-state index contributed by atoms with van der Waals surface area (Å²) in [5.74, 6) is -0.000449. The number of carbonyl (C=O) groups is 3. The lowest BCUT2D eigenvalue weighted by Gasteiger charge is -2.23. The molecule has 2 rings (SSSR count). The van der Waals surface area contributed by atoms with E-state index in [0.717, 1.165) is 24.7 Å². The van der Waals surface area contributed by atoms with Crippen LogP contribution in [0.3, 0.4) is 0 Å². The Hall–Kier alpha value is -1.24. The Labute approximate surface area is 141 Å². The first-order chi connectivity index (χ1) is 11.1. The van der Waals surface area contributed by atoms with E-state index in [9.17, 15) is 14.4 Å². The highest BCUT2D eigenvalue weighted by Crippen LogP contribution is 2.28. The molecule has 1 saturated heterocycles. The minimum absolute atomic E-state index is 0.0265. The number of rotatable bonds is 6. The Morgan fingerprint density at radius 2 is 1.48 bits per heavy atom. The first kappa shape index (κ1) is 18.1. The zero-order chi connectivity index (χ0) is 16.7. The smallest absolute Gasteiger partial charge is 0.313 e. The van der Waals surface area contributed by atoms with Gasteiger partial charge in [-0.25, -0.2) is 0 Å². The molecular weight excluding hydrogens is 316 g/mol. The molecule has 0 aromatic rings. The van der Waals surface area contributed by atoms with Crippen molar-refractivity contribution in [2.24, 2.45) is 5.92 Å². The summed E-state index contributed by atoms with van der Waals surface area (Å²) in [5.41, 5.74) is 0. The van der Waals surface area contributed by atoms with Crippen LogP contribution in [-0.4, -0.2) is 70.4 Å². The first-order valence-electron chi connectivity index (χ1n) is 8.41. The second-order valence-corrected chi connectivity index (χ2v) is 7.34. The number of hydrogen-bond acceptors (Lipinski definition) is 4. The van der Waals surface area contributed by atoms with Crippen molar-refractivity contribution in [3.05, 3.63) is 0 Å². The largest absolute Gasteiger partial charge is 0.481 e. The highest BCUT2D eigenvalue weighted by atomic mass is 32.2. The van der Waals surface area contributed by atoms with E-state index in [1.165, 1.54) is 25.7 Å². The topological polar surface area (TPSA) is 77.9 Å². The normalized spacial score (nSPS) is 19.7. The number of carboxylic acids is 1. The fourth-order valence-corrected chi connectivity index (χ4v) is 3.96. The molecule has 2 aliphatic rings. The van der Waals surface area contributed by atoms with E-state index in [-0.39, 0.29) is 23.3 Å². The molecule has 7 heteroatoms. The molecule has 1 saturated carbocycles. The molecule has 0 aromatic carbocycles. The van der Waals surface area contributed by atoms with Gasteiger partial charge in [-0.3, -0.25) is 14.4 Å². The highest BCUT2D eigenvalue weighted by molar-refractivity contribution is 8.00. The summed E-state index contributed by atoms with van der Waals surface area (Å²) in [7, 11) is 0. The second kappa shape index (κ2) is 9.15. The summed E-state index contributed by atoms with van der Waals surface area (Å²) in [6, 6.07) is 0. The fraction of sp³-hybridized carbons (Fsp3) is 0.812. The average Bonchev–Trinajstić information content (AvgIpc) is 2.87. The van der Waals surface area contributed by atoms with E-state index >= 15 is 0 Å². The molecular formula is C16H26N2O4S. The van der Waals surface area contributed by atoms with Gasteiger partial charge < -0.3 is 14.9 Å². The lowest BCUT2D eigenvalue weighted by molar-refractivity contribution is -0.134. The summed E-state index contributed by atoms with van der Waals surface area (Å²) in [6.07, 6.45) is 6.28. The second-order valence-electron chi connectivity index (χ2n) is 6.36. The lowest BCUT2D eigenvalue weighted by Crippen LogP contribution is -2.38. The van der Waals surface area contributed by atoms with E-state index in [1.54, 1.807) is 4.90 Å². The van der Waals surface area contributed by atoms with Crippen LogP contribution < -0.4 is 0 Å². The predicted molar refractivity (Wildman–Crippen MR) is 89.3 cm³/mol. The molecule has 0 bridgehead atoms. The SMILES string of the molecule is O=C(O)CSCC(=O)N1CCCN(C(=O)CC2CCCC2)CC1. The molecule has 1 aliphatic heterocycles. The Morgan fingerprint density at radius 1 is 0.870 bits per heavy atom. The van der Waals surface area contributed by atoms with Crippen molar-refractivity contribution < 1.29 is 19.5 Å². The van der Waals surface area contributed by atoms with E-state index in [1.807, 2.05) is 4.90 Å². The Morgan fingerprint density at radius 3 is 2.09 bits per heavy atom. The molecule has 0 aromatic heterocycles. The lowest BCUT2D eigenvalue weighted by atomic mass is 10.0. The van der Waals surface area contributed by atoms with Gasteiger partial charge in [-0.15, -0.1) is 11.8 Å². The minimum Gasteiger partial charge on any atom is -0.481 e. The van der Waals surface area contributed by atoms with Crippen molar-refractivity contribution in [2.75, 3.05) is 37.7 Å². The molecule has 6 nitrogen and oxygen atoms in total. The number of carbonyl (C=O) groups excluding carboxylic acids is 2. The Bertz CT molecular complexity index is 438. The molecule has 0 spiro atoms. The van der Waals surface area contributed by atoms with Gasteiger partial charge in [0.15, 0.2) is 0 Å². The van der Waals surface area contributed by atoms with E-state index in [0.29, 0.717) is 32.0 Å². The highest BCUT2D eigenvalue weighted by Gasteiger charge is 2.25. The molecule has 0 unspecified atom stereocenters. The van der Waals surface area contributed by atoms with Crippen molar-refractivity contribution in [3.63, 3.8) is 0 Å².